The number of piperidine rings is 1. The van der Waals surface area contributed by atoms with Crippen LogP contribution in [0.15, 0.2) is 41.6 Å². The molecule has 0 spiro atoms. The first kappa shape index (κ1) is 23.4. The molecule has 1 fully saturated rings. The van der Waals surface area contributed by atoms with Crippen LogP contribution in [0.2, 0.25) is 5.02 Å². The third-order valence-corrected chi connectivity index (χ3v) is 5.78. The van der Waals surface area contributed by atoms with Crippen LogP contribution in [0.4, 0.5) is 5.82 Å². The fourth-order valence-corrected chi connectivity index (χ4v) is 4.07. The van der Waals surface area contributed by atoms with E-state index in [-0.39, 0.29) is 5.92 Å². The van der Waals surface area contributed by atoms with Crippen LogP contribution in [0.3, 0.4) is 0 Å². The first-order chi connectivity index (χ1) is 13.8. The third-order valence-electron chi connectivity index (χ3n) is 5.55. The van der Waals surface area contributed by atoms with Crippen molar-refractivity contribution in [1.29, 1.82) is 0 Å². The van der Waals surface area contributed by atoms with Crippen LogP contribution in [0, 0.1) is 11.8 Å². The van der Waals surface area contributed by atoms with Gasteiger partial charge in [0.25, 0.3) is 0 Å². The number of hydrogen-bond acceptors (Lipinski definition) is 4. The second-order valence-electron chi connectivity index (χ2n) is 8.21. The number of hydrogen-bond donors (Lipinski definition) is 2. The number of pyridine rings is 1. The number of carbonyl (C=O) groups excluding carboxylic acids is 1. The molecule has 160 valence electrons. The predicted molar refractivity (Wildman–Crippen MR) is 120 cm³/mol. The molecule has 0 bridgehead atoms. The van der Waals surface area contributed by atoms with Crippen LogP contribution < -0.4 is 10.6 Å². The Morgan fingerprint density at radius 3 is 2.59 bits per heavy atom. The highest BCUT2D eigenvalue weighted by Crippen LogP contribution is 2.27. The smallest absolute Gasteiger partial charge is 0.248 e. The molecule has 0 aliphatic carbocycles. The SMILES string of the molecule is CC(=C/C(C)O)/C(=C\C(C)CCCC1CCN(c2ccc(Cl)cn2)CC1)C(N)=O. The van der Waals surface area contributed by atoms with Crippen molar-refractivity contribution in [3.8, 4) is 0 Å². The van der Waals surface area contributed by atoms with Gasteiger partial charge in [0, 0.05) is 24.9 Å². The van der Waals surface area contributed by atoms with Crippen LogP contribution in [0.5, 0.6) is 0 Å². The molecule has 1 aromatic rings. The van der Waals surface area contributed by atoms with Crippen LogP contribution in [-0.4, -0.2) is 35.2 Å². The molecule has 0 saturated carbocycles. The van der Waals surface area contributed by atoms with Gasteiger partial charge in [-0.15, -0.1) is 0 Å². The minimum absolute atomic E-state index is 0.271. The summed E-state index contributed by atoms with van der Waals surface area (Å²) in [4.78, 5) is 18.5. The summed E-state index contributed by atoms with van der Waals surface area (Å²) in [6, 6.07) is 3.88. The molecule has 1 amide bonds. The highest BCUT2D eigenvalue weighted by Gasteiger charge is 2.20. The maximum atomic E-state index is 11.8. The lowest BCUT2D eigenvalue weighted by atomic mass is 9.89. The van der Waals surface area contributed by atoms with Crippen molar-refractivity contribution >= 4 is 23.3 Å². The standard InChI is InChI=1S/C23H34ClN3O2/c1-16(13-21(23(25)29)17(2)14-18(3)28)5-4-6-19-9-11-27(12-10-19)22-8-7-20(24)15-26-22/h7-8,13-16,18-19,28H,4-6,9-12H2,1-3H3,(H2,25,29)/b17-14-,21-13+. The lowest BCUT2D eigenvalue weighted by Gasteiger charge is -2.33. The van der Waals surface area contributed by atoms with Crippen molar-refractivity contribution in [2.75, 3.05) is 18.0 Å². The lowest BCUT2D eigenvalue weighted by Crippen LogP contribution is -2.34. The summed E-state index contributed by atoms with van der Waals surface area (Å²) in [5.41, 5.74) is 6.78. The highest BCUT2D eigenvalue weighted by molar-refractivity contribution is 6.30. The molecular weight excluding hydrogens is 386 g/mol. The zero-order valence-corrected chi connectivity index (χ0v) is 18.5. The number of primary amides is 1. The molecular formula is C23H34ClN3O2. The van der Waals surface area contributed by atoms with Gasteiger partial charge in [0.1, 0.15) is 5.82 Å². The Morgan fingerprint density at radius 1 is 1.34 bits per heavy atom. The Balaban J connectivity index is 1.78. The number of aliphatic hydroxyl groups excluding tert-OH is 1. The van der Waals surface area contributed by atoms with Gasteiger partial charge in [-0.3, -0.25) is 4.79 Å². The predicted octanol–water partition coefficient (Wildman–Crippen LogP) is 4.50. The summed E-state index contributed by atoms with van der Waals surface area (Å²) in [6.45, 7) is 7.67. The molecule has 29 heavy (non-hydrogen) atoms. The van der Waals surface area contributed by atoms with E-state index in [4.69, 9.17) is 17.3 Å². The van der Waals surface area contributed by atoms with E-state index in [9.17, 15) is 9.90 Å². The molecule has 1 aromatic heterocycles. The van der Waals surface area contributed by atoms with E-state index >= 15 is 0 Å². The minimum atomic E-state index is -0.595. The van der Waals surface area contributed by atoms with E-state index in [0.717, 1.165) is 43.2 Å². The molecule has 0 aromatic carbocycles. The number of anilines is 1. The van der Waals surface area contributed by atoms with Gasteiger partial charge < -0.3 is 15.7 Å². The van der Waals surface area contributed by atoms with E-state index in [1.54, 1.807) is 19.2 Å². The topological polar surface area (TPSA) is 79.4 Å². The van der Waals surface area contributed by atoms with Crippen LogP contribution in [0.1, 0.15) is 52.9 Å². The van der Waals surface area contributed by atoms with E-state index in [2.05, 4.69) is 16.8 Å². The lowest BCUT2D eigenvalue weighted by molar-refractivity contribution is -0.114. The quantitative estimate of drug-likeness (QED) is 0.456. The van der Waals surface area contributed by atoms with Crippen molar-refractivity contribution in [2.45, 2.75) is 59.0 Å². The van der Waals surface area contributed by atoms with Gasteiger partial charge in [0.15, 0.2) is 0 Å². The number of halogens is 1. The average molecular weight is 420 g/mol. The van der Waals surface area contributed by atoms with E-state index in [0.29, 0.717) is 10.6 Å². The fraction of sp³-hybridized carbons (Fsp3) is 0.565. The maximum Gasteiger partial charge on any atom is 0.248 e. The second kappa shape index (κ2) is 11.4. The molecule has 2 heterocycles. The third kappa shape index (κ3) is 7.82. The summed E-state index contributed by atoms with van der Waals surface area (Å²) in [5, 5.41) is 10.2. The van der Waals surface area contributed by atoms with Crippen molar-refractivity contribution < 1.29 is 9.90 Å². The molecule has 2 atom stereocenters. The molecule has 6 heteroatoms. The van der Waals surface area contributed by atoms with Crippen LogP contribution in [-0.2, 0) is 4.79 Å². The van der Waals surface area contributed by atoms with Gasteiger partial charge in [-0.2, -0.15) is 0 Å². The van der Waals surface area contributed by atoms with Gasteiger partial charge >= 0.3 is 0 Å². The molecule has 2 unspecified atom stereocenters. The summed E-state index contributed by atoms with van der Waals surface area (Å²) in [6.07, 6.45) is 10.4. The molecule has 1 saturated heterocycles. The fourth-order valence-electron chi connectivity index (χ4n) is 3.96. The van der Waals surface area contributed by atoms with Crippen molar-refractivity contribution in [1.82, 2.24) is 4.98 Å². The summed E-state index contributed by atoms with van der Waals surface area (Å²) >= 11 is 5.92. The molecule has 5 nitrogen and oxygen atoms in total. The molecule has 1 aliphatic rings. The number of amides is 1. The molecule has 3 N–H and O–H groups in total. The Hall–Kier alpha value is -1.85. The van der Waals surface area contributed by atoms with Crippen LogP contribution >= 0.6 is 11.6 Å². The second-order valence-corrected chi connectivity index (χ2v) is 8.64. The first-order valence-electron chi connectivity index (χ1n) is 10.5. The normalized spacial score (nSPS) is 18.6. The van der Waals surface area contributed by atoms with Gasteiger partial charge in [0.05, 0.1) is 11.1 Å². The van der Waals surface area contributed by atoms with E-state index in [1.165, 1.54) is 19.3 Å². The average Bonchev–Trinajstić information content (AvgIpc) is 2.66. The minimum Gasteiger partial charge on any atom is -0.389 e. The number of aliphatic hydroxyl groups is 1. The number of nitrogens with two attached hydrogens (primary N) is 1. The number of carbonyl (C=O) groups is 1. The monoisotopic (exact) mass is 419 g/mol. The highest BCUT2D eigenvalue weighted by atomic mass is 35.5. The number of nitrogens with zero attached hydrogens (tertiary/aromatic N) is 2. The zero-order valence-electron chi connectivity index (χ0n) is 17.8. The number of allylic oxidation sites excluding steroid dienone is 1. The molecule has 2 rings (SSSR count). The Labute approximate surface area is 179 Å². The number of rotatable bonds is 9. The largest absolute Gasteiger partial charge is 0.389 e. The summed E-state index contributed by atoms with van der Waals surface area (Å²) in [5.74, 6) is 1.58. The Bertz CT molecular complexity index is 720. The Morgan fingerprint density at radius 2 is 2.03 bits per heavy atom. The van der Waals surface area contributed by atoms with Gasteiger partial charge in [-0.25, -0.2) is 4.98 Å². The van der Waals surface area contributed by atoms with Crippen molar-refractivity contribution in [3.63, 3.8) is 0 Å². The summed E-state index contributed by atoms with van der Waals surface area (Å²) < 4.78 is 0. The van der Waals surface area contributed by atoms with E-state index < -0.39 is 12.0 Å². The maximum absolute atomic E-state index is 11.8. The van der Waals surface area contributed by atoms with Crippen molar-refractivity contribution in [2.24, 2.45) is 17.6 Å². The van der Waals surface area contributed by atoms with Crippen LogP contribution in [0.25, 0.3) is 0 Å². The zero-order chi connectivity index (χ0) is 21.4. The van der Waals surface area contributed by atoms with Gasteiger partial charge in [-0.05, 0) is 62.7 Å². The molecule has 0 radical (unpaired) electrons. The van der Waals surface area contributed by atoms with Gasteiger partial charge in [0.2, 0.25) is 5.91 Å². The van der Waals surface area contributed by atoms with E-state index in [1.807, 2.05) is 25.1 Å². The van der Waals surface area contributed by atoms with Gasteiger partial charge in [-0.1, -0.05) is 43.5 Å². The summed E-state index contributed by atoms with van der Waals surface area (Å²) in [7, 11) is 0. The molecule has 1 aliphatic heterocycles. The first-order valence-corrected chi connectivity index (χ1v) is 10.9. The van der Waals surface area contributed by atoms with Crippen molar-refractivity contribution in [3.05, 3.63) is 46.7 Å². The Kier molecular flexibility index (Phi) is 9.18. The number of aromatic nitrogens is 1.